The Hall–Kier alpha value is -1.55. The van der Waals surface area contributed by atoms with E-state index in [0.29, 0.717) is 18.2 Å². The highest BCUT2D eigenvalue weighted by Gasteiger charge is 2.22. The molecule has 1 aromatic carbocycles. The molecule has 1 aliphatic carbocycles. The summed E-state index contributed by atoms with van der Waals surface area (Å²) in [4.78, 5) is 0. The van der Waals surface area contributed by atoms with Crippen LogP contribution in [-0.2, 0) is 0 Å². The van der Waals surface area contributed by atoms with E-state index in [1.165, 1.54) is 12.8 Å². The van der Waals surface area contributed by atoms with Crippen LogP contribution in [0.5, 0.6) is 5.75 Å². The van der Waals surface area contributed by atoms with E-state index < -0.39 is 0 Å². The summed E-state index contributed by atoms with van der Waals surface area (Å²) in [5.74, 6) is 0.958. The van der Waals surface area contributed by atoms with Gasteiger partial charge in [0.1, 0.15) is 5.75 Å². The molecule has 3 rings (SSSR count). The SMILES string of the molecule is CC(C)NC1CCC(Oc2ccc3[nH]ncc3c2)CC1. The lowest BCUT2D eigenvalue weighted by atomic mass is 9.92. The van der Waals surface area contributed by atoms with E-state index in [1.54, 1.807) is 0 Å². The third-order valence-corrected chi connectivity index (χ3v) is 3.96. The van der Waals surface area contributed by atoms with E-state index >= 15 is 0 Å². The van der Waals surface area contributed by atoms with Gasteiger partial charge in [0.2, 0.25) is 0 Å². The van der Waals surface area contributed by atoms with Crippen molar-refractivity contribution in [2.45, 2.75) is 57.7 Å². The van der Waals surface area contributed by atoms with Crippen LogP contribution in [0.3, 0.4) is 0 Å². The summed E-state index contributed by atoms with van der Waals surface area (Å²) < 4.78 is 6.12. The molecule has 0 spiro atoms. The monoisotopic (exact) mass is 273 g/mol. The molecule has 2 aromatic rings. The van der Waals surface area contributed by atoms with Crippen LogP contribution >= 0.6 is 0 Å². The van der Waals surface area contributed by atoms with Crippen molar-refractivity contribution in [3.05, 3.63) is 24.4 Å². The van der Waals surface area contributed by atoms with Crippen LogP contribution in [0.15, 0.2) is 24.4 Å². The maximum absolute atomic E-state index is 6.12. The Kier molecular flexibility index (Phi) is 3.92. The Labute approximate surface area is 119 Å². The number of ether oxygens (including phenoxy) is 1. The third-order valence-electron chi connectivity index (χ3n) is 3.96. The van der Waals surface area contributed by atoms with Gasteiger partial charge in [-0.05, 0) is 43.9 Å². The van der Waals surface area contributed by atoms with Gasteiger partial charge in [-0.2, -0.15) is 5.10 Å². The van der Waals surface area contributed by atoms with Gasteiger partial charge in [0, 0.05) is 17.5 Å². The molecule has 108 valence electrons. The number of aromatic amines is 1. The second-order valence-corrected chi connectivity index (χ2v) is 6.03. The summed E-state index contributed by atoms with van der Waals surface area (Å²) in [6.45, 7) is 4.42. The largest absolute Gasteiger partial charge is 0.490 e. The molecule has 0 atom stereocenters. The maximum atomic E-state index is 6.12. The van der Waals surface area contributed by atoms with E-state index in [0.717, 1.165) is 29.5 Å². The average molecular weight is 273 g/mol. The van der Waals surface area contributed by atoms with Crippen molar-refractivity contribution in [3.63, 3.8) is 0 Å². The molecule has 1 saturated carbocycles. The Balaban J connectivity index is 1.56. The summed E-state index contributed by atoms with van der Waals surface area (Å²) >= 11 is 0. The quantitative estimate of drug-likeness (QED) is 0.899. The normalized spacial score (nSPS) is 23.4. The molecule has 2 N–H and O–H groups in total. The second kappa shape index (κ2) is 5.83. The maximum Gasteiger partial charge on any atom is 0.120 e. The molecule has 1 heterocycles. The zero-order valence-electron chi connectivity index (χ0n) is 12.2. The summed E-state index contributed by atoms with van der Waals surface area (Å²) in [5.41, 5.74) is 1.06. The molecule has 0 saturated heterocycles. The lowest BCUT2D eigenvalue weighted by Gasteiger charge is -2.30. The van der Waals surface area contributed by atoms with Gasteiger partial charge in [0.15, 0.2) is 0 Å². The fraction of sp³-hybridized carbons (Fsp3) is 0.562. The molecule has 20 heavy (non-hydrogen) atoms. The molecular formula is C16H23N3O. The summed E-state index contributed by atoms with van der Waals surface area (Å²) in [5, 5.41) is 11.7. The van der Waals surface area contributed by atoms with Crippen molar-refractivity contribution < 1.29 is 4.74 Å². The Morgan fingerprint density at radius 1 is 1.25 bits per heavy atom. The number of hydrogen-bond acceptors (Lipinski definition) is 3. The topological polar surface area (TPSA) is 49.9 Å². The molecule has 0 amide bonds. The number of H-pyrrole nitrogens is 1. The van der Waals surface area contributed by atoms with Crippen LogP contribution in [0.2, 0.25) is 0 Å². The van der Waals surface area contributed by atoms with E-state index in [2.05, 4.69) is 35.4 Å². The van der Waals surface area contributed by atoms with Gasteiger partial charge < -0.3 is 10.1 Å². The van der Waals surface area contributed by atoms with Crippen LogP contribution < -0.4 is 10.1 Å². The van der Waals surface area contributed by atoms with E-state index in [1.807, 2.05) is 18.3 Å². The van der Waals surface area contributed by atoms with Crippen LogP contribution in [0.1, 0.15) is 39.5 Å². The highest BCUT2D eigenvalue weighted by Crippen LogP contribution is 2.26. The van der Waals surface area contributed by atoms with Crippen LogP contribution in [0, 0.1) is 0 Å². The molecule has 0 unspecified atom stereocenters. The number of benzene rings is 1. The minimum absolute atomic E-state index is 0.351. The highest BCUT2D eigenvalue weighted by molar-refractivity contribution is 5.79. The molecule has 4 nitrogen and oxygen atoms in total. The number of rotatable bonds is 4. The Morgan fingerprint density at radius 3 is 2.80 bits per heavy atom. The van der Waals surface area contributed by atoms with Gasteiger partial charge >= 0.3 is 0 Å². The predicted octanol–water partition coefficient (Wildman–Crippen LogP) is 3.25. The van der Waals surface area contributed by atoms with Crippen molar-refractivity contribution >= 4 is 10.9 Å². The van der Waals surface area contributed by atoms with Crippen LogP contribution in [-0.4, -0.2) is 28.4 Å². The molecule has 0 aliphatic heterocycles. The lowest BCUT2D eigenvalue weighted by molar-refractivity contribution is 0.138. The first-order chi connectivity index (χ1) is 9.70. The van der Waals surface area contributed by atoms with Gasteiger partial charge in [0.25, 0.3) is 0 Å². The Morgan fingerprint density at radius 2 is 2.05 bits per heavy atom. The van der Waals surface area contributed by atoms with Crippen molar-refractivity contribution in [3.8, 4) is 5.75 Å². The fourth-order valence-corrected chi connectivity index (χ4v) is 3.01. The van der Waals surface area contributed by atoms with Crippen molar-refractivity contribution in [1.82, 2.24) is 15.5 Å². The fourth-order valence-electron chi connectivity index (χ4n) is 3.01. The lowest BCUT2D eigenvalue weighted by Crippen LogP contribution is -2.39. The number of fused-ring (bicyclic) bond motifs is 1. The first kappa shape index (κ1) is 13.4. The highest BCUT2D eigenvalue weighted by atomic mass is 16.5. The molecule has 1 aromatic heterocycles. The van der Waals surface area contributed by atoms with Gasteiger partial charge in [-0.1, -0.05) is 13.8 Å². The summed E-state index contributed by atoms with van der Waals surface area (Å²) in [6.07, 6.45) is 6.87. The first-order valence-corrected chi connectivity index (χ1v) is 7.56. The zero-order chi connectivity index (χ0) is 13.9. The zero-order valence-corrected chi connectivity index (χ0v) is 12.2. The van der Waals surface area contributed by atoms with Gasteiger partial charge in [0.05, 0.1) is 17.8 Å². The summed E-state index contributed by atoms with van der Waals surface area (Å²) in [7, 11) is 0. The van der Waals surface area contributed by atoms with Gasteiger partial charge in [-0.25, -0.2) is 0 Å². The average Bonchev–Trinajstić information content (AvgIpc) is 2.88. The molecule has 4 heteroatoms. The van der Waals surface area contributed by atoms with E-state index in [-0.39, 0.29) is 0 Å². The standard InChI is InChI=1S/C16H23N3O/c1-11(2)18-13-3-5-14(6-4-13)20-15-7-8-16-12(9-15)10-17-19-16/h7-11,13-14,18H,3-6H2,1-2H3,(H,17,19). The molecule has 1 fully saturated rings. The van der Waals surface area contributed by atoms with Crippen molar-refractivity contribution in [2.24, 2.45) is 0 Å². The van der Waals surface area contributed by atoms with Gasteiger partial charge in [-0.3, -0.25) is 5.10 Å². The minimum Gasteiger partial charge on any atom is -0.490 e. The Bertz CT molecular complexity index is 556. The smallest absolute Gasteiger partial charge is 0.120 e. The second-order valence-electron chi connectivity index (χ2n) is 6.03. The number of hydrogen-bond donors (Lipinski definition) is 2. The molecule has 1 aliphatic rings. The van der Waals surface area contributed by atoms with Gasteiger partial charge in [-0.15, -0.1) is 0 Å². The molecule has 0 radical (unpaired) electrons. The number of nitrogens with zero attached hydrogens (tertiary/aromatic N) is 1. The van der Waals surface area contributed by atoms with Crippen molar-refractivity contribution in [2.75, 3.05) is 0 Å². The van der Waals surface area contributed by atoms with Crippen molar-refractivity contribution in [1.29, 1.82) is 0 Å². The summed E-state index contributed by atoms with van der Waals surface area (Å²) in [6, 6.07) is 7.35. The van der Waals surface area contributed by atoms with Crippen LogP contribution in [0.4, 0.5) is 0 Å². The predicted molar refractivity (Wildman–Crippen MR) is 81.0 cm³/mol. The van der Waals surface area contributed by atoms with E-state index in [4.69, 9.17) is 4.74 Å². The van der Waals surface area contributed by atoms with E-state index in [9.17, 15) is 0 Å². The molecule has 0 bridgehead atoms. The van der Waals surface area contributed by atoms with Crippen LogP contribution in [0.25, 0.3) is 10.9 Å². The minimum atomic E-state index is 0.351. The third kappa shape index (κ3) is 3.12. The number of nitrogens with one attached hydrogen (secondary N) is 2. The number of aromatic nitrogens is 2. The molecular weight excluding hydrogens is 250 g/mol. The first-order valence-electron chi connectivity index (χ1n) is 7.56.